The van der Waals surface area contributed by atoms with Crippen molar-refractivity contribution in [2.45, 2.75) is 26.3 Å². The number of halogens is 1. The molecule has 112 valence electrons. The SMILES string of the molecule is CCCOc1cccc(C(NN)c2ccc(C)c(F)c2)c1. The molecule has 21 heavy (non-hydrogen) atoms. The fraction of sp³-hybridized carbons (Fsp3) is 0.294. The van der Waals surface area contributed by atoms with E-state index in [4.69, 9.17) is 10.6 Å². The van der Waals surface area contributed by atoms with Crippen LogP contribution >= 0.6 is 0 Å². The minimum absolute atomic E-state index is 0.230. The number of aryl methyl sites for hydroxylation is 1. The number of hydrazine groups is 1. The lowest BCUT2D eigenvalue weighted by molar-refractivity contribution is 0.317. The molecule has 0 saturated carbocycles. The number of hydrogen-bond donors (Lipinski definition) is 2. The fourth-order valence-electron chi connectivity index (χ4n) is 2.18. The molecular weight excluding hydrogens is 267 g/mol. The molecule has 0 aliphatic rings. The predicted molar refractivity (Wildman–Crippen MR) is 82.5 cm³/mol. The van der Waals surface area contributed by atoms with Gasteiger partial charge in [-0.1, -0.05) is 31.2 Å². The molecule has 4 heteroatoms. The Kier molecular flexibility index (Phi) is 5.31. The van der Waals surface area contributed by atoms with Crippen molar-refractivity contribution in [3.8, 4) is 5.75 Å². The first-order chi connectivity index (χ1) is 10.2. The smallest absolute Gasteiger partial charge is 0.126 e. The first-order valence-corrected chi connectivity index (χ1v) is 7.10. The first-order valence-electron chi connectivity index (χ1n) is 7.10. The van der Waals surface area contributed by atoms with E-state index in [0.717, 1.165) is 23.3 Å². The highest BCUT2D eigenvalue weighted by Gasteiger charge is 2.14. The van der Waals surface area contributed by atoms with Gasteiger partial charge in [0.25, 0.3) is 0 Å². The van der Waals surface area contributed by atoms with E-state index in [-0.39, 0.29) is 11.9 Å². The summed E-state index contributed by atoms with van der Waals surface area (Å²) in [6.07, 6.45) is 0.950. The normalized spacial score (nSPS) is 12.2. The summed E-state index contributed by atoms with van der Waals surface area (Å²) < 4.78 is 19.4. The lowest BCUT2D eigenvalue weighted by Crippen LogP contribution is -2.29. The van der Waals surface area contributed by atoms with Crippen LogP contribution < -0.4 is 16.0 Å². The van der Waals surface area contributed by atoms with Gasteiger partial charge in [0.05, 0.1) is 12.6 Å². The van der Waals surface area contributed by atoms with E-state index in [1.54, 1.807) is 13.0 Å². The van der Waals surface area contributed by atoms with Gasteiger partial charge < -0.3 is 4.74 Å². The van der Waals surface area contributed by atoms with Crippen molar-refractivity contribution in [1.82, 2.24) is 5.43 Å². The van der Waals surface area contributed by atoms with Crippen molar-refractivity contribution in [1.29, 1.82) is 0 Å². The topological polar surface area (TPSA) is 47.3 Å². The van der Waals surface area contributed by atoms with Gasteiger partial charge in [0.15, 0.2) is 0 Å². The number of benzene rings is 2. The molecule has 0 heterocycles. The minimum atomic E-state index is -0.273. The van der Waals surface area contributed by atoms with Crippen molar-refractivity contribution in [2.24, 2.45) is 5.84 Å². The highest BCUT2D eigenvalue weighted by Crippen LogP contribution is 2.26. The number of nitrogens with two attached hydrogens (primary N) is 1. The zero-order chi connectivity index (χ0) is 15.2. The molecule has 0 fully saturated rings. The molecule has 2 aromatic rings. The fourth-order valence-corrected chi connectivity index (χ4v) is 2.18. The molecule has 0 spiro atoms. The molecular formula is C17H21FN2O. The largest absolute Gasteiger partial charge is 0.494 e. The van der Waals surface area contributed by atoms with E-state index in [2.05, 4.69) is 12.3 Å². The summed E-state index contributed by atoms with van der Waals surface area (Å²) in [5.41, 5.74) is 5.09. The average molecular weight is 288 g/mol. The van der Waals surface area contributed by atoms with Gasteiger partial charge in [-0.25, -0.2) is 9.82 Å². The number of hydrogen-bond acceptors (Lipinski definition) is 3. The maximum atomic E-state index is 13.7. The Morgan fingerprint density at radius 2 is 1.95 bits per heavy atom. The third-order valence-corrected chi connectivity index (χ3v) is 3.36. The summed E-state index contributed by atoms with van der Waals surface area (Å²) in [6.45, 7) is 4.47. The summed E-state index contributed by atoms with van der Waals surface area (Å²) in [4.78, 5) is 0. The van der Waals surface area contributed by atoms with Crippen molar-refractivity contribution in [2.75, 3.05) is 6.61 Å². The zero-order valence-corrected chi connectivity index (χ0v) is 12.4. The van der Waals surface area contributed by atoms with Gasteiger partial charge in [0.1, 0.15) is 11.6 Å². The van der Waals surface area contributed by atoms with Crippen LogP contribution in [-0.2, 0) is 0 Å². The summed E-state index contributed by atoms with van der Waals surface area (Å²) >= 11 is 0. The van der Waals surface area contributed by atoms with Crippen LogP contribution in [-0.4, -0.2) is 6.61 Å². The third kappa shape index (κ3) is 3.80. The van der Waals surface area contributed by atoms with Crippen LogP contribution in [0, 0.1) is 12.7 Å². The maximum Gasteiger partial charge on any atom is 0.126 e. The molecule has 0 aromatic heterocycles. The number of nitrogens with one attached hydrogen (secondary N) is 1. The Balaban J connectivity index is 2.30. The molecule has 3 N–H and O–H groups in total. The second-order valence-corrected chi connectivity index (χ2v) is 5.03. The molecule has 0 bridgehead atoms. The third-order valence-electron chi connectivity index (χ3n) is 3.36. The molecule has 0 aliphatic carbocycles. The monoisotopic (exact) mass is 288 g/mol. The Hall–Kier alpha value is -1.91. The summed E-state index contributed by atoms with van der Waals surface area (Å²) in [5.74, 6) is 6.23. The van der Waals surface area contributed by atoms with E-state index in [0.29, 0.717) is 12.2 Å². The van der Waals surface area contributed by atoms with Gasteiger partial charge in [-0.05, 0) is 48.2 Å². The molecule has 0 aliphatic heterocycles. The first kappa shape index (κ1) is 15.5. The summed E-state index contributed by atoms with van der Waals surface area (Å²) in [7, 11) is 0. The van der Waals surface area contributed by atoms with Crippen LogP contribution in [0.15, 0.2) is 42.5 Å². The van der Waals surface area contributed by atoms with Crippen LogP contribution in [0.4, 0.5) is 4.39 Å². The zero-order valence-electron chi connectivity index (χ0n) is 12.4. The lowest BCUT2D eigenvalue weighted by atomic mass is 9.98. The Labute approximate surface area is 124 Å². The molecule has 0 amide bonds. The molecule has 2 rings (SSSR count). The summed E-state index contributed by atoms with van der Waals surface area (Å²) in [5, 5.41) is 0. The van der Waals surface area contributed by atoms with E-state index >= 15 is 0 Å². The van der Waals surface area contributed by atoms with E-state index < -0.39 is 0 Å². The Morgan fingerprint density at radius 1 is 1.19 bits per heavy atom. The van der Waals surface area contributed by atoms with Gasteiger partial charge in [-0.2, -0.15) is 0 Å². The lowest BCUT2D eigenvalue weighted by Gasteiger charge is -2.18. The molecule has 0 saturated heterocycles. The van der Waals surface area contributed by atoms with Crippen LogP contribution in [0.25, 0.3) is 0 Å². The number of rotatable bonds is 6. The predicted octanol–water partition coefficient (Wildman–Crippen LogP) is 3.48. The van der Waals surface area contributed by atoms with Crippen molar-refractivity contribution < 1.29 is 9.13 Å². The quantitative estimate of drug-likeness (QED) is 0.632. The molecule has 0 radical (unpaired) electrons. The summed E-state index contributed by atoms with van der Waals surface area (Å²) in [6, 6.07) is 12.6. The second kappa shape index (κ2) is 7.20. The highest BCUT2D eigenvalue weighted by atomic mass is 19.1. The van der Waals surface area contributed by atoms with Crippen LogP contribution in [0.3, 0.4) is 0 Å². The highest BCUT2D eigenvalue weighted by molar-refractivity contribution is 5.37. The van der Waals surface area contributed by atoms with Gasteiger partial charge in [-0.3, -0.25) is 5.84 Å². The van der Waals surface area contributed by atoms with Gasteiger partial charge >= 0.3 is 0 Å². The van der Waals surface area contributed by atoms with Crippen LogP contribution in [0.5, 0.6) is 5.75 Å². The van der Waals surface area contributed by atoms with Crippen molar-refractivity contribution in [3.05, 3.63) is 65.0 Å². The standard InChI is InChI=1S/C17H21FN2O/c1-3-9-21-15-6-4-5-13(10-15)17(20-19)14-8-7-12(2)16(18)11-14/h4-8,10-11,17,20H,3,9,19H2,1-2H3. The van der Waals surface area contributed by atoms with Gasteiger partial charge in [0.2, 0.25) is 0 Å². The van der Waals surface area contributed by atoms with Gasteiger partial charge in [-0.15, -0.1) is 0 Å². The van der Waals surface area contributed by atoms with Gasteiger partial charge in [0, 0.05) is 0 Å². The van der Waals surface area contributed by atoms with E-state index in [1.807, 2.05) is 30.3 Å². The van der Waals surface area contributed by atoms with Crippen molar-refractivity contribution in [3.63, 3.8) is 0 Å². The van der Waals surface area contributed by atoms with E-state index in [1.165, 1.54) is 6.07 Å². The molecule has 1 unspecified atom stereocenters. The van der Waals surface area contributed by atoms with Crippen LogP contribution in [0.2, 0.25) is 0 Å². The molecule has 3 nitrogen and oxygen atoms in total. The minimum Gasteiger partial charge on any atom is -0.494 e. The van der Waals surface area contributed by atoms with Crippen molar-refractivity contribution >= 4 is 0 Å². The molecule has 1 atom stereocenters. The Bertz CT molecular complexity index is 601. The maximum absolute atomic E-state index is 13.7. The molecule has 2 aromatic carbocycles. The van der Waals surface area contributed by atoms with Crippen LogP contribution in [0.1, 0.15) is 36.1 Å². The number of ether oxygens (including phenoxy) is 1. The second-order valence-electron chi connectivity index (χ2n) is 5.03. The van der Waals surface area contributed by atoms with E-state index in [9.17, 15) is 4.39 Å². The average Bonchev–Trinajstić information content (AvgIpc) is 2.50. The Morgan fingerprint density at radius 3 is 2.62 bits per heavy atom.